The number of anilines is 1. The van der Waals surface area contributed by atoms with Gasteiger partial charge in [-0.25, -0.2) is 9.78 Å². The van der Waals surface area contributed by atoms with E-state index in [9.17, 15) is 14.4 Å². The van der Waals surface area contributed by atoms with E-state index in [1.165, 1.54) is 6.20 Å². The van der Waals surface area contributed by atoms with Gasteiger partial charge in [-0.05, 0) is 38.3 Å². The van der Waals surface area contributed by atoms with E-state index in [1.54, 1.807) is 19.9 Å². The van der Waals surface area contributed by atoms with Crippen molar-refractivity contribution in [1.29, 1.82) is 0 Å². The zero-order chi connectivity index (χ0) is 27.2. The topological polar surface area (TPSA) is 124 Å². The third-order valence-electron chi connectivity index (χ3n) is 5.89. The van der Waals surface area contributed by atoms with E-state index in [-0.39, 0.29) is 36.0 Å². The summed E-state index contributed by atoms with van der Waals surface area (Å²) < 4.78 is 16.8. The van der Waals surface area contributed by atoms with Gasteiger partial charge in [-0.1, -0.05) is 44.2 Å². The van der Waals surface area contributed by atoms with E-state index in [1.807, 2.05) is 44.2 Å². The molecule has 4 rings (SSSR count). The second-order valence-corrected chi connectivity index (χ2v) is 9.35. The summed E-state index contributed by atoms with van der Waals surface area (Å²) in [7, 11) is 0. The van der Waals surface area contributed by atoms with Gasteiger partial charge in [0.05, 0.1) is 12.3 Å². The van der Waals surface area contributed by atoms with Crippen molar-refractivity contribution < 1.29 is 23.5 Å². The van der Waals surface area contributed by atoms with Crippen molar-refractivity contribution in [3.8, 4) is 16.3 Å². The summed E-state index contributed by atoms with van der Waals surface area (Å²) >= 11 is 1.08. The third kappa shape index (κ3) is 5.55. The number of nitrogens with one attached hydrogen (secondary N) is 2. The number of hydrogen-bond acceptors (Lipinski definition) is 8. The zero-order valence-electron chi connectivity index (χ0n) is 21.7. The van der Waals surface area contributed by atoms with E-state index in [0.717, 1.165) is 22.5 Å². The first kappa shape index (κ1) is 26.9. The van der Waals surface area contributed by atoms with Crippen molar-refractivity contribution >= 4 is 29.1 Å². The SMILES string of the molecule is CCOC(=O)c1oc(NC(=O)c2sc(-c3c(OCc4ccccc4)cc[nH]c3=O)nc2C)c(CC)c1CC. The summed E-state index contributed by atoms with van der Waals surface area (Å²) in [5.41, 5.74) is 2.72. The number of benzene rings is 1. The van der Waals surface area contributed by atoms with Crippen LogP contribution in [-0.2, 0) is 24.2 Å². The Hall–Kier alpha value is -4.18. The lowest BCUT2D eigenvalue weighted by Crippen LogP contribution is -2.12. The lowest BCUT2D eigenvalue weighted by molar-refractivity contribution is 0.0489. The first-order valence-electron chi connectivity index (χ1n) is 12.4. The van der Waals surface area contributed by atoms with Gasteiger partial charge in [0.25, 0.3) is 11.5 Å². The van der Waals surface area contributed by atoms with Crippen LogP contribution in [-0.4, -0.2) is 28.5 Å². The largest absolute Gasteiger partial charge is 0.488 e. The fourth-order valence-electron chi connectivity index (χ4n) is 4.10. The van der Waals surface area contributed by atoms with Gasteiger partial charge < -0.3 is 18.9 Å². The summed E-state index contributed by atoms with van der Waals surface area (Å²) in [6.45, 7) is 7.73. The van der Waals surface area contributed by atoms with Gasteiger partial charge in [-0.2, -0.15) is 0 Å². The van der Waals surface area contributed by atoms with Gasteiger partial charge in [0, 0.05) is 17.3 Å². The second-order valence-electron chi connectivity index (χ2n) is 8.35. The molecule has 0 radical (unpaired) electrons. The number of ether oxygens (including phenoxy) is 2. The number of H-pyrrole nitrogens is 1. The molecule has 0 aliphatic rings. The van der Waals surface area contributed by atoms with E-state index >= 15 is 0 Å². The Morgan fingerprint density at radius 3 is 2.50 bits per heavy atom. The summed E-state index contributed by atoms with van der Waals surface area (Å²) in [6, 6.07) is 11.3. The number of carbonyl (C=O) groups is 2. The molecule has 0 saturated carbocycles. The van der Waals surface area contributed by atoms with Crippen LogP contribution in [0.5, 0.6) is 5.75 Å². The highest BCUT2D eigenvalue weighted by Gasteiger charge is 2.27. The Labute approximate surface area is 223 Å². The summed E-state index contributed by atoms with van der Waals surface area (Å²) in [5, 5.41) is 3.15. The molecule has 0 fully saturated rings. The van der Waals surface area contributed by atoms with Crippen LogP contribution in [0.2, 0.25) is 0 Å². The summed E-state index contributed by atoms with van der Waals surface area (Å²) in [6.07, 6.45) is 2.61. The van der Waals surface area contributed by atoms with Crippen molar-refractivity contribution in [3.05, 3.63) is 86.0 Å². The van der Waals surface area contributed by atoms with Crippen LogP contribution in [0.25, 0.3) is 10.6 Å². The molecule has 0 spiro atoms. The van der Waals surface area contributed by atoms with E-state index in [2.05, 4.69) is 15.3 Å². The van der Waals surface area contributed by atoms with Gasteiger partial charge in [0.2, 0.25) is 11.6 Å². The number of pyridine rings is 1. The van der Waals surface area contributed by atoms with Gasteiger partial charge in [0.1, 0.15) is 27.8 Å². The van der Waals surface area contributed by atoms with Gasteiger partial charge >= 0.3 is 5.97 Å². The highest BCUT2D eigenvalue weighted by Crippen LogP contribution is 2.34. The minimum Gasteiger partial charge on any atom is -0.488 e. The van der Waals surface area contributed by atoms with Gasteiger partial charge in [-0.3, -0.25) is 14.9 Å². The first-order valence-corrected chi connectivity index (χ1v) is 13.2. The standard InChI is InChI=1S/C28H29N3O6S/c1-5-18-19(6-2)26(37-22(18)28(34)35-7-3)31-25(33)23-16(4)30-27(38-23)21-20(13-14-29-24(21)32)36-15-17-11-9-8-10-12-17/h8-14H,5-7,15H2,1-4H3,(H,29,32)(H,31,33). The molecular formula is C28H29N3O6S. The zero-order valence-corrected chi connectivity index (χ0v) is 22.5. The number of aryl methyl sites for hydroxylation is 1. The lowest BCUT2D eigenvalue weighted by atomic mass is 10.1. The van der Waals surface area contributed by atoms with E-state index in [4.69, 9.17) is 13.9 Å². The molecular weight excluding hydrogens is 506 g/mol. The molecule has 0 aliphatic carbocycles. The Morgan fingerprint density at radius 1 is 1.08 bits per heavy atom. The molecule has 0 atom stereocenters. The van der Waals surface area contributed by atoms with Gasteiger partial charge in [0.15, 0.2) is 0 Å². The number of thiazole rings is 1. The number of aromatic amines is 1. The molecule has 0 aliphatic heterocycles. The van der Waals surface area contributed by atoms with Crippen molar-refractivity contribution in [1.82, 2.24) is 9.97 Å². The minimum absolute atomic E-state index is 0.0965. The maximum atomic E-state index is 13.3. The molecule has 1 aromatic carbocycles. The molecule has 38 heavy (non-hydrogen) atoms. The average Bonchev–Trinajstić information content (AvgIpc) is 3.47. The fraction of sp³-hybridized carbons (Fsp3) is 0.286. The van der Waals surface area contributed by atoms with Crippen LogP contribution in [0, 0.1) is 6.92 Å². The molecule has 0 unspecified atom stereocenters. The smallest absolute Gasteiger partial charge is 0.374 e. The third-order valence-corrected chi connectivity index (χ3v) is 7.06. The predicted octanol–water partition coefficient (Wildman–Crippen LogP) is 5.53. The monoisotopic (exact) mass is 535 g/mol. The minimum atomic E-state index is -0.567. The number of nitrogens with zero attached hydrogens (tertiary/aromatic N) is 1. The van der Waals surface area contributed by atoms with E-state index < -0.39 is 11.9 Å². The normalized spacial score (nSPS) is 10.8. The van der Waals surface area contributed by atoms with Crippen molar-refractivity contribution in [2.24, 2.45) is 0 Å². The number of esters is 1. The highest BCUT2D eigenvalue weighted by atomic mass is 32.1. The first-order chi connectivity index (χ1) is 18.4. The Morgan fingerprint density at radius 2 is 1.82 bits per heavy atom. The number of amides is 1. The number of carbonyl (C=O) groups excluding carboxylic acids is 2. The number of aromatic nitrogens is 2. The lowest BCUT2D eigenvalue weighted by Gasteiger charge is -2.09. The molecule has 2 N–H and O–H groups in total. The van der Waals surface area contributed by atoms with Gasteiger partial charge in [-0.15, -0.1) is 11.3 Å². The molecule has 0 bridgehead atoms. The summed E-state index contributed by atoms with van der Waals surface area (Å²) in [4.78, 5) is 46.0. The molecule has 4 aromatic rings. The van der Waals surface area contributed by atoms with Crippen LogP contribution in [0.3, 0.4) is 0 Å². The molecule has 1 amide bonds. The van der Waals surface area contributed by atoms with Crippen LogP contribution < -0.4 is 15.6 Å². The quantitative estimate of drug-likeness (QED) is 0.256. The molecule has 9 nitrogen and oxygen atoms in total. The maximum absolute atomic E-state index is 13.3. The second kappa shape index (κ2) is 11.9. The highest BCUT2D eigenvalue weighted by molar-refractivity contribution is 7.17. The van der Waals surface area contributed by atoms with Crippen LogP contribution >= 0.6 is 11.3 Å². The molecule has 10 heteroatoms. The fourth-order valence-corrected chi connectivity index (χ4v) is 5.11. The average molecular weight is 536 g/mol. The van der Waals surface area contributed by atoms with Crippen molar-refractivity contribution in [2.45, 2.75) is 47.1 Å². The number of rotatable bonds is 10. The predicted molar refractivity (Wildman–Crippen MR) is 145 cm³/mol. The van der Waals surface area contributed by atoms with Crippen LogP contribution in [0.15, 0.2) is 51.8 Å². The Balaban J connectivity index is 1.63. The Bertz CT molecular complexity index is 1500. The molecule has 0 saturated heterocycles. The van der Waals surface area contributed by atoms with Crippen molar-refractivity contribution in [3.63, 3.8) is 0 Å². The number of hydrogen-bond donors (Lipinski definition) is 2. The molecule has 198 valence electrons. The Kier molecular flexibility index (Phi) is 8.42. The van der Waals surface area contributed by atoms with Crippen LogP contribution in [0.4, 0.5) is 5.88 Å². The molecule has 3 aromatic heterocycles. The van der Waals surface area contributed by atoms with Crippen molar-refractivity contribution in [2.75, 3.05) is 11.9 Å². The maximum Gasteiger partial charge on any atom is 0.374 e. The molecule has 3 heterocycles. The number of furan rings is 1. The summed E-state index contributed by atoms with van der Waals surface area (Å²) in [5.74, 6) is -0.353. The van der Waals surface area contributed by atoms with Crippen LogP contribution in [0.1, 0.15) is 63.4 Å². The van der Waals surface area contributed by atoms with E-state index in [0.29, 0.717) is 39.7 Å².